The molecule has 0 unspecified atom stereocenters. The summed E-state index contributed by atoms with van der Waals surface area (Å²) in [6.45, 7) is 6.50. The van der Waals surface area contributed by atoms with Crippen LogP contribution in [0.25, 0.3) is 10.9 Å². The number of carbonyl (C=O) groups is 1. The average Bonchev–Trinajstić information content (AvgIpc) is 2.98. The zero-order valence-corrected chi connectivity index (χ0v) is 16.4. The van der Waals surface area contributed by atoms with Crippen molar-refractivity contribution in [1.29, 1.82) is 0 Å². The number of thioether (sulfide) groups is 1. The zero-order valence-electron chi connectivity index (χ0n) is 15.6. The molecule has 0 aliphatic rings. The molecule has 27 heavy (non-hydrogen) atoms. The first-order chi connectivity index (χ1) is 13.0. The van der Waals surface area contributed by atoms with Gasteiger partial charge in [-0.2, -0.15) is 0 Å². The number of aryl methyl sites for hydroxylation is 2. The molecule has 0 atom stereocenters. The van der Waals surface area contributed by atoms with E-state index in [9.17, 15) is 9.59 Å². The van der Waals surface area contributed by atoms with Crippen LogP contribution in [0.15, 0.2) is 33.6 Å². The third-order valence-corrected chi connectivity index (χ3v) is 5.33. The van der Waals surface area contributed by atoms with Crippen LogP contribution in [0.4, 0.5) is 0 Å². The van der Waals surface area contributed by atoms with Crippen LogP contribution in [0, 0.1) is 13.8 Å². The van der Waals surface area contributed by atoms with Gasteiger partial charge in [-0.3, -0.25) is 9.59 Å². The molecule has 1 N–H and O–H groups in total. The van der Waals surface area contributed by atoms with E-state index in [2.05, 4.69) is 15.1 Å². The Morgan fingerprint density at radius 3 is 2.78 bits per heavy atom. The van der Waals surface area contributed by atoms with Gasteiger partial charge in [0.05, 0.1) is 28.9 Å². The Hall–Kier alpha value is -2.61. The second-order valence-electron chi connectivity index (χ2n) is 6.23. The molecule has 142 valence electrons. The molecule has 3 aromatic rings. The molecule has 2 heterocycles. The van der Waals surface area contributed by atoms with Crippen LogP contribution >= 0.6 is 11.8 Å². The van der Waals surface area contributed by atoms with Crippen LogP contribution < -0.4 is 5.56 Å². The van der Waals surface area contributed by atoms with Gasteiger partial charge in [0.2, 0.25) is 5.91 Å². The number of aromatic amines is 1. The van der Waals surface area contributed by atoms with Crippen molar-refractivity contribution >= 4 is 28.6 Å². The third-order valence-electron chi connectivity index (χ3n) is 4.39. The van der Waals surface area contributed by atoms with Gasteiger partial charge in [-0.1, -0.05) is 17.3 Å². The zero-order chi connectivity index (χ0) is 19.4. The first-order valence-electron chi connectivity index (χ1n) is 8.74. The van der Waals surface area contributed by atoms with Crippen LogP contribution in [0.3, 0.4) is 0 Å². The molecule has 0 aliphatic heterocycles. The second kappa shape index (κ2) is 8.39. The van der Waals surface area contributed by atoms with E-state index >= 15 is 0 Å². The highest BCUT2D eigenvalue weighted by atomic mass is 32.2. The third kappa shape index (κ3) is 4.39. The van der Waals surface area contributed by atoms with Gasteiger partial charge in [-0.15, -0.1) is 11.8 Å². The maximum absolute atomic E-state index is 12.6. The molecule has 0 aliphatic carbocycles. The first kappa shape index (κ1) is 19.2. The molecule has 0 radical (unpaired) electrons. The molecule has 1 amide bonds. The van der Waals surface area contributed by atoms with Crippen molar-refractivity contribution in [3.63, 3.8) is 0 Å². The van der Waals surface area contributed by atoms with Crippen LogP contribution in [-0.4, -0.2) is 38.2 Å². The number of nitrogens with zero attached hydrogens (tertiary/aromatic N) is 3. The Morgan fingerprint density at radius 1 is 1.30 bits per heavy atom. The van der Waals surface area contributed by atoms with E-state index < -0.39 is 0 Å². The van der Waals surface area contributed by atoms with Crippen LogP contribution in [-0.2, 0) is 17.1 Å². The quantitative estimate of drug-likeness (QED) is 0.671. The Balaban J connectivity index is 1.64. The number of rotatable bonds is 7. The summed E-state index contributed by atoms with van der Waals surface area (Å²) in [4.78, 5) is 33.7. The van der Waals surface area contributed by atoms with E-state index in [-0.39, 0.29) is 18.0 Å². The fourth-order valence-electron chi connectivity index (χ4n) is 2.81. The summed E-state index contributed by atoms with van der Waals surface area (Å²) in [5.41, 5.74) is 2.34. The molecule has 0 fully saturated rings. The monoisotopic (exact) mass is 386 g/mol. The molecule has 0 bridgehead atoms. The van der Waals surface area contributed by atoms with Crippen molar-refractivity contribution in [2.45, 2.75) is 33.1 Å². The molecule has 0 saturated carbocycles. The molecule has 8 heteroatoms. The number of para-hydroxylation sites is 1. The smallest absolute Gasteiger partial charge is 0.258 e. The molecule has 7 nitrogen and oxygen atoms in total. The number of fused-ring (bicyclic) bond motifs is 1. The summed E-state index contributed by atoms with van der Waals surface area (Å²) in [5.74, 6) is 2.30. The number of nitrogens with one attached hydrogen (secondary N) is 1. The number of hydrogen-bond donors (Lipinski definition) is 1. The summed E-state index contributed by atoms with van der Waals surface area (Å²) in [7, 11) is 0. The van der Waals surface area contributed by atoms with Crippen LogP contribution in [0.1, 0.15) is 29.8 Å². The van der Waals surface area contributed by atoms with Gasteiger partial charge in [0.1, 0.15) is 11.6 Å². The second-order valence-corrected chi connectivity index (χ2v) is 7.22. The van der Waals surface area contributed by atoms with Gasteiger partial charge in [0.15, 0.2) is 0 Å². The Kier molecular flexibility index (Phi) is 5.95. The molecule has 2 aromatic heterocycles. The van der Waals surface area contributed by atoms with E-state index in [0.717, 1.165) is 17.0 Å². The summed E-state index contributed by atoms with van der Waals surface area (Å²) < 4.78 is 5.15. The number of amides is 1. The molecule has 1 aromatic carbocycles. The maximum atomic E-state index is 12.6. The highest BCUT2D eigenvalue weighted by molar-refractivity contribution is 7.99. The molecule has 3 rings (SSSR count). The SMILES string of the molecule is CCN(Cc1nc2ccccc2c(=O)[nH]1)C(=O)CSCc1c(C)noc1C. The summed E-state index contributed by atoms with van der Waals surface area (Å²) in [6.07, 6.45) is 0. The van der Waals surface area contributed by atoms with Gasteiger partial charge in [-0.25, -0.2) is 4.98 Å². The lowest BCUT2D eigenvalue weighted by Gasteiger charge is -2.20. The first-order valence-corrected chi connectivity index (χ1v) is 9.90. The van der Waals surface area contributed by atoms with Crippen molar-refractivity contribution in [2.24, 2.45) is 0 Å². The molecular weight excluding hydrogens is 364 g/mol. The maximum Gasteiger partial charge on any atom is 0.258 e. The molecular formula is C19H22N4O3S. The van der Waals surface area contributed by atoms with E-state index in [4.69, 9.17) is 4.52 Å². The number of carbonyl (C=O) groups excluding carboxylic acids is 1. The van der Waals surface area contributed by atoms with Crippen molar-refractivity contribution in [3.8, 4) is 0 Å². The van der Waals surface area contributed by atoms with Gasteiger partial charge in [0.25, 0.3) is 5.56 Å². The van der Waals surface area contributed by atoms with Crippen molar-refractivity contribution in [3.05, 3.63) is 57.5 Å². The van der Waals surface area contributed by atoms with E-state index in [1.165, 1.54) is 11.8 Å². The lowest BCUT2D eigenvalue weighted by atomic mass is 10.2. The van der Waals surface area contributed by atoms with Crippen molar-refractivity contribution in [1.82, 2.24) is 20.0 Å². The number of H-pyrrole nitrogens is 1. The highest BCUT2D eigenvalue weighted by Crippen LogP contribution is 2.20. The van der Waals surface area contributed by atoms with E-state index in [1.807, 2.05) is 26.8 Å². The van der Waals surface area contributed by atoms with E-state index in [1.54, 1.807) is 23.1 Å². The molecule has 0 spiro atoms. The Bertz CT molecular complexity index is 992. The number of aromatic nitrogens is 3. The average molecular weight is 386 g/mol. The predicted octanol–water partition coefficient (Wildman–Crippen LogP) is 2.81. The summed E-state index contributed by atoms with van der Waals surface area (Å²) in [6, 6.07) is 7.17. The standard InChI is InChI=1S/C19H22N4O3S/c1-4-23(18(24)11-27-10-15-12(2)22-26-13(15)3)9-17-20-16-8-6-5-7-14(16)19(25)21-17/h5-8H,4,9-11H2,1-3H3,(H,20,21,25). The molecule has 0 saturated heterocycles. The van der Waals surface area contributed by atoms with Crippen LogP contribution in [0.2, 0.25) is 0 Å². The van der Waals surface area contributed by atoms with E-state index in [0.29, 0.717) is 34.8 Å². The van der Waals surface area contributed by atoms with Gasteiger partial charge < -0.3 is 14.4 Å². The fraction of sp³-hybridized carbons (Fsp3) is 0.368. The van der Waals surface area contributed by atoms with Crippen molar-refractivity contribution in [2.75, 3.05) is 12.3 Å². The topological polar surface area (TPSA) is 92.1 Å². The minimum absolute atomic E-state index is 0.00469. The lowest BCUT2D eigenvalue weighted by Crippen LogP contribution is -2.33. The van der Waals surface area contributed by atoms with Crippen molar-refractivity contribution < 1.29 is 9.32 Å². The summed E-state index contributed by atoms with van der Waals surface area (Å²) in [5, 5.41) is 4.48. The Morgan fingerprint density at radius 2 is 2.07 bits per heavy atom. The summed E-state index contributed by atoms with van der Waals surface area (Å²) >= 11 is 1.52. The lowest BCUT2D eigenvalue weighted by molar-refractivity contribution is -0.128. The fourth-order valence-corrected chi connectivity index (χ4v) is 3.88. The minimum Gasteiger partial charge on any atom is -0.361 e. The predicted molar refractivity (Wildman–Crippen MR) is 106 cm³/mol. The highest BCUT2D eigenvalue weighted by Gasteiger charge is 2.16. The number of benzene rings is 1. The minimum atomic E-state index is -0.188. The van der Waals surface area contributed by atoms with Gasteiger partial charge in [-0.05, 0) is 32.9 Å². The van der Waals surface area contributed by atoms with Gasteiger partial charge in [0, 0.05) is 17.9 Å². The largest absolute Gasteiger partial charge is 0.361 e. The Labute approximate surface area is 161 Å². The number of hydrogen-bond acceptors (Lipinski definition) is 6. The normalized spacial score (nSPS) is 11.1. The van der Waals surface area contributed by atoms with Crippen LogP contribution in [0.5, 0.6) is 0 Å². The van der Waals surface area contributed by atoms with Gasteiger partial charge >= 0.3 is 0 Å².